The Morgan fingerprint density at radius 3 is 2.42 bits per heavy atom. The molecule has 134 valence electrons. The summed E-state index contributed by atoms with van der Waals surface area (Å²) in [5, 5.41) is 5.60. The Hall–Kier alpha value is -3.02. The van der Waals surface area contributed by atoms with Gasteiger partial charge in [0.1, 0.15) is 11.5 Å². The van der Waals surface area contributed by atoms with Crippen LogP contribution in [0.1, 0.15) is 23.6 Å². The van der Waals surface area contributed by atoms with Crippen molar-refractivity contribution in [3.05, 3.63) is 47.0 Å². The summed E-state index contributed by atoms with van der Waals surface area (Å²) in [5.74, 6) is 1.51. The molecule has 6 heteroatoms. The van der Waals surface area contributed by atoms with Crippen LogP contribution in [0.3, 0.4) is 0 Å². The number of hydrogen-bond acceptors (Lipinski definition) is 4. The maximum atomic E-state index is 12.6. The van der Waals surface area contributed by atoms with Gasteiger partial charge in [-0.15, -0.1) is 0 Å². The molecule has 26 heavy (non-hydrogen) atoms. The molecule has 0 fully saturated rings. The average molecular weight is 352 g/mol. The lowest BCUT2D eigenvalue weighted by molar-refractivity contribution is -0.116. The van der Waals surface area contributed by atoms with Crippen LogP contribution >= 0.6 is 0 Å². The highest BCUT2D eigenvalue weighted by Gasteiger charge is 2.27. The molecule has 0 unspecified atom stereocenters. The highest BCUT2D eigenvalue weighted by Crippen LogP contribution is 2.40. The minimum Gasteiger partial charge on any atom is -0.493 e. The molecule has 0 radical (unpaired) electrons. The van der Waals surface area contributed by atoms with Crippen LogP contribution in [0.5, 0.6) is 11.5 Å². The maximum Gasteiger partial charge on any atom is 0.228 e. The van der Waals surface area contributed by atoms with Crippen molar-refractivity contribution in [3.8, 4) is 11.5 Å². The Morgan fingerprint density at radius 1 is 1.00 bits per heavy atom. The first-order valence-electron chi connectivity index (χ1n) is 8.71. The van der Waals surface area contributed by atoms with E-state index >= 15 is 0 Å². The van der Waals surface area contributed by atoms with Crippen LogP contribution in [0.15, 0.2) is 30.3 Å². The van der Waals surface area contributed by atoms with Gasteiger partial charge in [-0.1, -0.05) is 0 Å². The Kier molecular flexibility index (Phi) is 4.24. The highest BCUT2D eigenvalue weighted by atomic mass is 16.5. The lowest BCUT2D eigenvalue weighted by Gasteiger charge is -2.13. The lowest BCUT2D eigenvalue weighted by Crippen LogP contribution is -2.16. The zero-order valence-electron chi connectivity index (χ0n) is 14.6. The molecule has 2 amide bonds. The molecule has 2 aliphatic heterocycles. The number of hydrogen-bond donors (Lipinski definition) is 2. The second kappa shape index (κ2) is 6.71. The molecule has 2 heterocycles. The van der Waals surface area contributed by atoms with E-state index in [0.29, 0.717) is 24.6 Å². The molecular weight excluding hydrogens is 332 g/mol. The number of ether oxygens (including phenoxy) is 2. The van der Waals surface area contributed by atoms with Crippen molar-refractivity contribution in [2.75, 3.05) is 23.8 Å². The minimum absolute atomic E-state index is 0.102. The maximum absolute atomic E-state index is 12.6. The molecule has 2 aromatic rings. The Morgan fingerprint density at radius 2 is 1.69 bits per heavy atom. The number of rotatable bonds is 4. The molecule has 0 saturated heterocycles. The number of fused-ring (bicyclic) bond motifs is 2. The Labute approximate surface area is 151 Å². The largest absolute Gasteiger partial charge is 0.493 e. The predicted octanol–water partition coefficient (Wildman–Crippen LogP) is 2.70. The molecule has 0 atom stereocenters. The monoisotopic (exact) mass is 352 g/mol. The summed E-state index contributed by atoms with van der Waals surface area (Å²) >= 11 is 0. The van der Waals surface area contributed by atoms with E-state index in [9.17, 15) is 9.59 Å². The van der Waals surface area contributed by atoms with Gasteiger partial charge in [0, 0.05) is 47.8 Å². The Balaban J connectivity index is 1.50. The third-order valence-electron chi connectivity index (χ3n) is 4.59. The van der Waals surface area contributed by atoms with Crippen molar-refractivity contribution in [2.45, 2.75) is 26.2 Å². The fourth-order valence-electron chi connectivity index (χ4n) is 3.48. The fourth-order valence-corrected chi connectivity index (χ4v) is 3.48. The number of carbonyl (C=O) groups is 2. The standard InChI is InChI=1S/C20H20N2O4/c1-12(23)21-14-2-4-15(5-3-14)22-19(24)11-17-16-7-9-25-18(16)10-13-6-8-26-20(13)17/h2-5,10H,6-9,11H2,1H3,(H,21,23)(H,22,24). The van der Waals surface area contributed by atoms with Crippen LogP contribution in [0.2, 0.25) is 0 Å². The fraction of sp³-hybridized carbons (Fsp3) is 0.300. The summed E-state index contributed by atoms with van der Waals surface area (Å²) in [6, 6.07) is 9.09. The van der Waals surface area contributed by atoms with Crippen LogP contribution in [0.4, 0.5) is 11.4 Å². The summed E-state index contributed by atoms with van der Waals surface area (Å²) in [6.07, 6.45) is 1.91. The topological polar surface area (TPSA) is 76.7 Å². The van der Waals surface area contributed by atoms with Crippen molar-refractivity contribution in [1.29, 1.82) is 0 Å². The molecule has 0 bridgehead atoms. The number of benzene rings is 2. The van der Waals surface area contributed by atoms with Crippen LogP contribution < -0.4 is 20.1 Å². The van der Waals surface area contributed by atoms with E-state index in [1.54, 1.807) is 24.3 Å². The van der Waals surface area contributed by atoms with Crippen molar-refractivity contribution >= 4 is 23.2 Å². The summed E-state index contributed by atoms with van der Waals surface area (Å²) in [7, 11) is 0. The number of anilines is 2. The summed E-state index contributed by atoms with van der Waals surface area (Å²) < 4.78 is 11.5. The van der Waals surface area contributed by atoms with E-state index in [2.05, 4.69) is 10.6 Å². The average Bonchev–Trinajstić information content (AvgIpc) is 3.25. The van der Waals surface area contributed by atoms with Gasteiger partial charge in [-0.3, -0.25) is 9.59 Å². The first-order chi connectivity index (χ1) is 12.6. The molecule has 0 aliphatic carbocycles. The third kappa shape index (κ3) is 3.22. The van der Waals surface area contributed by atoms with Gasteiger partial charge in [0.2, 0.25) is 11.8 Å². The second-order valence-corrected chi connectivity index (χ2v) is 6.50. The molecule has 2 N–H and O–H groups in total. The van der Waals surface area contributed by atoms with Crippen LogP contribution in [0, 0.1) is 0 Å². The number of nitrogens with one attached hydrogen (secondary N) is 2. The lowest BCUT2D eigenvalue weighted by atomic mass is 9.97. The van der Waals surface area contributed by atoms with E-state index in [1.165, 1.54) is 6.92 Å². The first kappa shape index (κ1) is 16.4. The zero-order valence-corrected chi connectivity index (χ0v) is 14.6. The molecule has 4 rings (SSSR count). The molecular formula is C20H20N2O4. The molecule has 0 aromatic heterocycles. The molecule has 6 nitrogen and oxygen atoms in total. The van der Waals surface area contributed by atoms with Crippen molar-refractivity contribution in [2.24, 2.45) is 0 Å². The number of amides is 2. The van der Waals surface area contributed by atoms with E-state index in [0.717, 1.165) is 41.0 Å². The van der Waals surface area contributed by atoms with Crippen molar-refractivity contribution in [3.63, 3.8) is 0 Å². The van der Waals surface area contributed by atoms with Crippen LogP contribution in [-0.4, -0.2) is 25.0 Å². The van der Waals surface area contributed by atoms with Gasteiger partial charge in [0.25, 0.3) is 0 Å². The smallest absolute Gasteiger partial charge is 0.228 e. The molecule has 0 saturated carbocycles. The minimum atomic E-state index is -0.129. The van der Waals surface area contributed by atoms with Gasteiger partial charge >= 0.3 is 0 Å². The predicted molar refractivity (Wildman–Crippen MR) is 97.9 cm³/mol. The second-order valence-electron chi connectivity index (χ2n) is 6.50. The van der Waals surface area contributed by atoms with E-state index in [4.69, 9.17) is 9.47 Å². The van der Waals surface area contributed by atoms with Gasteiger partial charge in [-0.25, -0.2) is 0 Å². The quantitative estimate of drug-likeness (QED) is 0.887. The van der Waals surface area contributed by atoms with E-state index in [1.807, 2.05) is 6.07 Å². The molecule has 0 spiro atoms. The van der Waals surface area contributed by atoms with E-state index < -0.39 is 0 Å². The zero-order chi connectivity index (χ0) is 18.1. The van der Waals surface area contributed by atoms with Gasteiger partial charge in [0.15, 0.2) is 0 Å². The highest BCUT2D eigenvalue weighted by molar-refractivity contribution is 5.94. The van der Waals surface area contributed by atoms with Gasteiger partial charge < -0.3 is 20.1 Å². The van der Waals surface area contributed by atoms with E-state index in [-0.39, 0.29) is 18.2 Å². The summed E-state index contributed by atoms with van der Waals surface area (Å²) in [5.41, 5.74) is 4.53. The molecule has 2 aliphatic rings. The van der Waals surface area contributed by atoms with Crippen LogP contribution in [-0.2, 0) is 28.9 Å². The van der Waals surface area contributed by atoms with Gasteiger partial charge in [-0.05, 0) is 30.3 Å². The summed E-state index contributed by atoms with van der Waals surface area (Å²) in [6.45, 7) is 2.76. The summed E-state index contributed by atoms with van der Waals surface area (Å²) in [4.78, 5) is 23.6. The van der Waals surface area contributed by atoms with Crippen molar-refractivity contribution < 1.29 is 19.1 Å². The normalized spacial score (nSPS) is 14.0. The van der Waals surface area contributed by atoms with Gasteiger partial charge in [0.05, 0.1) is 19.6 Å². The van der Waals surface area contributed by atoms with Crippen LogP contribution in [0.25, 0.3) is 0 Å². The Bertz CT molecular complexity index is 842. The van der Waals surface area contributed by atoms with Gasteiger partial charge in [-0.2, -0.15) is 0 Å². The number of carbonyl (C=O) groups excluding carboxylic acids is 2. The SMILES string of the molecule is CC(=O)Nc1ccc(NC(=O)Cc2c3c(cc4c2OCC4)OCC3)cc1. The third-order valence-corrected chi connectivity index (χ3v) is 4.59. The van der Waals surface area contributed by atoms with Crippen molar-refractivity contribution in [1.82, 2.24) is 0 Å². The molecule has 2 aromatic carbocycles. The first-order valence-corrected chi connectivity index (χ1v) is 8.71.